The molecule has 0 fully saturated rings. The van der Waals surface area contributed by atoms with Crippen LogP contribution in [0.3, 0.4) is 0 Å². The molecule has 0 spiro atoms. The third kappa shape index (κ3) is 1.32. The molecule has 0 aliphatic carbocycles. The lowest BCUT2D eigenvalue weighted by Crippen LogP contribution is -2.06. The number of aliphatic hydroxyl groups excluding tert-OH is 1. The Balaban J connectivity index is 3.16. The Morgan fingerprint density at radius 1 is 1.36 bits per heavy atom. The van der Waals surface area contributed by atoms with Crippen LogP contribution in [0.5, 0.6) is 0 Å². The van der Waals surface area contributed by atoms with Gasteiger partial charge in [-0.3, -0.25) is 0 Å². The molecule has 1 aromatic rings. The highest BCUT2D eigenvalue weighted by Gasteiger charge is 2.19. The van der Waals surface area contributed by atoms with Crippen LogP contribution < -0.4 is 0 Å². The van der Waals surface area contributed by atoms with Crippen molar-refractivity contribution in [1.82, 2.24) is 10.3 Å². The lowest BCUT2D eigenvalue weighted by Gasteiger charge is -1.86. The van der Waals surface area contributed by atoms with Crippen molar-refractivity contribution in [3.05, 3.63) is 11.4 Å². The Hall–Kier alpha value is -1.50. The zero-order valence-corrected chi connectivity index (χ0v) is 5.83. The predicted molar refractivity (Wildman–Crippen MR) is 35.6 cm³/mol. The van der Waals surface area contributed by atoms with E-state index in [1.807, 2.05) is 0 Å². The summed E-state index contributed by atoms with van der Waals surface area (Å²) in [6.45, 7) is 0. The highest BCUT2D eigenvalue weighted by atomic mass is 32.1. The van der Waals surface area contributed by atoms with E-state index < -0.39 is 16.7 Å². The Labute approximate surface area is 65.4 Å². The smallest absolute Gasteiger partial charge is 0.360 e. The van der Waals surface area contributed by atoms with E-state index in [1.54, 1.807) is 0 Å². The van der Waals surface area contributed by atoms with E-state index in [1.165, 1.54) is 0 Å². The van der Waals surface area contributed by atoms with E-state index in [0.717, 1.165) is 0 Å². The monoisotopic (exact) mass is 174 g/mol. The molecule has 0 saturated carbocycles. The zero-order chi connectivity index (χ0) is 8.43. The van der Waals surface area contributed by atoms with Crippen LogP contribution in [0.25, 0.3) is 0 Å². The number of hydrogen-bond donors (Lipinski definition) is 2. The summed E-state index contributed by atoms with van der Waals surface area (Å²) in [5.41, 5.74) is -0.815. The molecule has 6 nitrogen and oxygen atoms in total. The summed E-state index contributed by atoms with van der Waals surface area (Å²) < 4.78 is 4.04. The minimum atomic E-state index is -1.35. The molecule has 58 valence electrons. The second-order valence-electron chi connectivity index (χ2n) is 1.57. The summed E-state index contributed by atoms with van der Waals surface area (Å²) >= 11 is 4.25. The van der Waals surface area contributed by atoms with Crippen LogP contribution in [0.1, 0.15) is 16.2 Å². The van der Waals surface area contributed by atoms with Gasteiger partial charge < -0.3 is 10.2 Å². The Kier molecular flexibility index (Phi) is 1.81. The maximum absolute atomic E-state index is 10.3. The average molecular weight is 174 g/mol. The van der Waals surface area contributed by atoms with Crippen molar-refractivity contribution < 1.29 is 19.6 Å². The molecule has 1 heterocycles. The number of aromatic nitrogens is 2. The van der Waals surface area contributed by atoms with Crippen molar-refractivity contribution in [1.29, 1.82) is 0 Å². The van der Waals surface area contributed by atoms with E-state index in [0.29, 0.717) is 0 Å². The highest BCUT2D eigenvalue weighted by Crippen LogP contribution is 2.02. The molecule has 1 aromatic heterocycles. The molecule has 0 bridgehead atoms. The summed E-state index contributed by atoms with van der Waals surface area (Å²) in [6.07, 6.45) is 0. The van der Waals surface area contributed by atoms with Gasteiger partial charge in [-0.1, -0.05) is 0 Å². The number of aromatic carboxylic acids is 1. The van der Waals surface area contributed by atoms with Gasteiger partial charge in [0.2, 0.25) is 10.7 Å². The molecule has 0 aliphatic heterocycles. The molecule has 1 rings (SSSR count). The van der Waals surface area contributed by atoms with Crippen molar-refractivity contribution in [2.75, 3.05) is 0 Å². The Bertz CT molecular complexity index is 278. The predicted octanol–water partition coefficient (Wildman–Crippen LogP) is 0.00130. The molecule has 0 saturated heterocycles. The van der Waals surface area contributed by atoms with Crippen molar-refractivity contribution in [2.45, 2.75) is 0 Å². The van der Waals surface area contributed by atoms with Crippen molar-refractivity contribution in [2.24, 2.45) is 0 Å². The van der Waals surface area contributed by atoms with E-state index in [9.17, 15) is 4.79 Å². The summed E-state index contributed by atoms with van der Waals surface area (Å²) in [4.78, 5) is 10.3. The van der Waals surface area contributed by atoms with E-state index >= 15 is 0 Å². The number of thiocarbonyl (C=S) groups is 1. The minimum Gasteiger partial charge on any atom is -0.497 e. The van der Waals surface area contributed by atoms with Crippen LogP contribution in [-0.2, 0) is 0 Å². The van der Waals surface area contributed by atoms with Gasteiger partial charge in [0.05, 0.1) is 0 Å². The quantitative estimate of drug-likeness (QED) is 0.609. The first-order valence-electron chi connectivity index (χ1n) is 2.42. The lowest BCUT2D eigenvalue weighted by atomic mass is 10.3. The van der Waals surface area contributed by atoms with Gasteiger partial charge in [-0.25, -0.2) is 9.42 Å². The number of aliphatic hydroxyl groups is 1. The molecule has 0 unspecified atom stereocenters. The van der Waals surface area contributed by atoms with Crippen molar-refractivity contribution >= 4 is 23.2 Å². The fourth-order valence-electron chi connectivity index (χ4n) is 0.469. The van der Waals surface area contributed by atoms with E-state index in [-0.39, 0.29) is 5.69 Å². The van der Waals surface area contributed by atoms with Gasteiger partial charge in [0.1, 0.15) is 0 Å². The van der Waals surface area contributed by atoms with Crippen LogP contribution in [0.15, 0.2) is 4.63 Å². The first kappa shape index (κ1) is 7.61. The largest absolute Gasteiger partial charge is 0.497 e. The summed E-state index contributed by atoms with van der Waals surface area (Å²) in [7, 11) is 0. The average Bonchev–Trinajstić information content (AvgIpc) is 2.32. The third-order valence-electron chi connectivity index (χ3n) is 0.894. The van der Waals surface area contributed by atoms with Gasteiger partial charge in [0.25, 0.3) is 0 Å². The van der Waals surface area contributed by atoms with Gasteiger partial charge in [-0.05, 0) is 22.5 Å². The number of rotatable bonds is 2. The molecule has 0 aromatic carbocycles. The van der Waals surface area contributed by atoms with E-state index in [2.05, 4.69) is 27.2 Å². The number of carbonyl (C=O) groups is 1. The molecular formula is C4H2N2O4S. The van der Waals surface area contributed by atoms with E-state index in [4.69, 9.17) is 10.2 Å². The second-order valence-corrected chi connectivity index (χ2v) is 1.96. The first-order chi connectivity index (χ1) is 5.13. The molecule has 0 aliphatic rings. The fourth-order valence-corrected chi connectivity index (χ4v) is 0.603. The SMILES string of the molecule is O=C(O)c1nonc1C(O)=S. The van der Waals surface area contributed by atoms with Crippen LogP contribution in [-0.4, -0.2) is 31.5 Å². The van der Waals surface area contributed by atoms with Gasteiger partial charge in [-0.2, -0.15) is 0 Å². The third-order valence-corrected chi connectivity index (χ3v) is 1.09. The standard InChI is InChI=1S/C4H2N2O4S/c7-3(8)1-2(4(9)11)6-10-5-1/h(H,7,8)(H,9,11). The molecule has 7 heteroatoms. The van der Waals surface area contributed by atoms with Gasteiger partial charge in [0, 0.05) is 0 Å². The van der Waals surface area contributed by atoms with Crippen molar-refractivity contribution in [3.63, 3.8) is 0 Å². The summed E-state index contributed by atoms with van der Waals surface area (Å²) in [6, 6.07) is 0. The van der Waals surface area contributed by atoms with Gasteiger partial charge >= 0.3 is 5.97 Å². The maximum atomic E-state index is 10.3. The molecular weight excluding hydrogens is 172 g/mol. The Morgan fingerprint density at radius 2 is 1.91 bits per heavy atom. The van der Waals surface area contributed by atoms with Crippen LogP contribution in [0, 0.1) is 0 Å². The maximum Gasteiger partial charge on any atom is 0.360 e. The van der Waals surface area contributed by atoms with Gasteiger partial charge in [0.15, 0.2) is 5.69 Å². The van der Waals surface area contributed by atoms with Crippen LogP contribution >= 0.6 is 12.2 Å². The fraction of sp³-hybridized carbons (Fsp3) is 0. The highest BCUT2D eigenvalue weighted by molar-refractivity contribution is 7.80. The van der Waals surface area contributed by atoms with Crippen LogP contribution in [0.4, 0.5) is 0 Å². The Morgan fingerprint density at radius 3 is 2.27 bits per heavy atom. The molecule has 2 N–H and O–H groups in total. The first-order valence-corrected chi connectivity index (χ1v) is 2.83. The minimum absolute atomic E-state index is 0.326. The number of carboxylic acids is 1. The number of carboxylic acid groups (broad SMARTS) is 1. The second kappa shape index (κ2) is 2.62. The number of hydrogen-bond acceptors (Lipinski definition) is 5. The number of nitrogens with zero attached hydrogens (tertiary/aromatic N) is 2. The topological polar surface area (TPSA) is 96.5 Å². The van der Waals surface area contributed by atoms with Gasteiger partial charge in [-0.15, -0.1) is 0 Å². The molecule has 11 heavy (non-hydrogen) atoms. The van der Waals surface area contributed by atoms with Crippen molar-refractivity contribution in [3.8, 4) is 0 Å². The summed E-state index contributed by atoms with van der Waals surface area (Å²) in [5, 5.41) is 22.5. The summed E-state index contributed by atoms with van der Waals surface area (Å²) in [5.74, 6) is -1.35. The molecule has 0 atom stereocenters. The lowest BCUT2D eigenvalue weighted by molar-refractivity contribution is 0.0684. The van der Waals surface area contributed by atoms with Crippen LogP contribution in [0.2, 0.25) is 0 Å². The zero-order valence-electron chi connectivity index (χ0n) is 5.01. The molecule has 0 amide bonds. The molecule has 0 radical (unpaired) electrons. The normalized spacial score (nSPS) is 9.45.